The van der Waals surface area contributed by atoms with Crippen LogP contribution in [0.15, 0.2) is 4.34 Å². The molecule has 0 radical (unpaired) electrons. The Bertz CT molecular complexity index is 320. The highest BCUT2D eigenvalue weighted by atomic mass is 32.2. The molecule has 1 aliphatic heterocycles. The molecule has 0 saturated carbocycles. The Morgan fingerprint density at radius 1 is 1.44 bits per heavy atom. The molecule has 1 fully saturated rings. The molecule has 1 aromatic rings. The van der Waals surface area contributed by atoms with Crippen molar-refractivity contribution in [3.05, 3.63) is 0 Å². The number of piperidine rings is 1. The first-order chi connectivity index (χ1) is 7.79. The quantitative estimate of drug-likeness (QED) is 0.835. The molecule has 90 valence electrons. The van der Waals surface area contributed by atoms with E-state index in [9.17, 15) is 0 Å². The van der Waals surface area contributed by atoms with Crippen molar-refractivity contribution >= 4 is 28.2 Å². The topological polar surface area (TPSA) is 55.0 Å². The zero-order valence-electron chi connectivity index (χ0n) is 9.56. The lowest BCUT2D eigenvalue weighted by Gasteiger charge is -2.29. The molecule has 1 aliphatic rings. The molecule has 2 heterocycles. The molecule has 0 unspecified atom stereocenters. The molecule has 0 amide bonds. The maximum absolute atomic E-state index is 5.47. The van der Waals surface area contributed by atoms with E-state index in [1.807, 2.05) is 0 Å². The van der Waals surface area contributed by atoms with Gasteiger partial charge in [0.15, 0.2) is 4.34 Å². The average Bonchev–Trinajstić information content (AvgIpc) is 2.76. The van der Waals surface area contributed by atoms with Crippen LogP contribution < -0.4 is 10.6 Å². The summed E-state index contributed by atoms with van der Waals surface area (Å²) in [5.74, 6) is 1.78. The van der Waals surface area contributed by atoms with Gasteiger partial charge < -0.3 is 10.6 Å². The summed E-state index contributed by atoms with van der Waals surface area (Å²) in [6.45, 7) is 5.26. The minimum absolute atomic E-state index is 0.695. The van der Waals surface area contributed by atoms with Crippen LogP contribution in [0, 0.1) is 5.92 Å². The van der Waals surface area contributed by atoms with Crippen molar-refractivity contribution in [1.29, 1.82) is 0 Å². The molecule has 0 bridgehead atoms. The first-order valence-corrected chi connectivity index (χ1v) is 7.51. The van der Waals surface area contributed by atoms with Crippen molar-refractivity contribution in [3.8, 4) is 0 Å². The summed E-state index contributed by atoms with van der Waals surface area (Å²) >= 11 is 3.39. The van der Waals surface area contributed by atoms with E-state index in [1.165, 1.54) is 12.8 Å². The lowest BCUT2D eigenvalue weighted by molar-refractivity contribution is 0.437. The molecule has 0 aromatic carbocycles. The normalized spacial score (nSPS) is 18.0. The van der Waals surface area contributed by atoms with Crippen molar-refractivity contribution in [3.63, 3.8) is 0 Å². The number of hydrogen-bond donors (Lipinski definition) is 1. The Labute approximate surface area is 105 Å². The van der Waals surface area contributed by atoms with Gasteiger partial charge in [0.1, 0.15) is 0 Å². The predicted molar refractivity (Wildman–Crippen MR) is 70.3 cm³/mol. The van der Waals surface area contributed by atoms with Crippen molar-refractivity contribution in [2.24, 2.45) is 11.7 Å². The van der Waals surface area contributed by atoms with Gasteiger partial charge in [-0.05, 0) is 18.8 Å². The molecule has 0 spiro atoms. The van der Waals surface area contributed by atoms with Gasteiger partial charge in [-0.2, -0.15) is 0 Å². The average molecular weight is 258 g/mol. The van der Waals surface area contributed by atoms with Gasteiger partial charge >= 0.3 is 0 Å². The van der Waals surface area contributed by atoms with Gasteiger partial charge in [-0.1, -0.05) is 30.0 Å². The van der Waals surface area contributed by atoms with Gasteiger partial charge in [0, 0.05) is 25.4 Å². The van der Waals surface area contributed by atoms with Gasteiger partial charge in [0.25, 0.3) is 0 Å². The van der Waals surface area contributed by atoms with Crippen LogP contribution in [0.1, 0.15) is 19.8 Å². The number of hydrogen-bond acceptors (Lipinski definition) is 6. The monoisotopic (exact) mass is 258 g/mol. The molecular weight excluding hydrogens is 240 g/mol. The van der Waals surface area contributed by atoms with E-state index in [1.54, 1.807) is 23.1 Å². The maximum atomic E-state index is 5.47. The summed E-state index contributed by atoms with van der Waals surface area (Å²) in [4.78, 5) is 2.35. The zero-order chi connectivity index (χ0) is 11.4. The number of nitrogens with two attached hydrogens (primary N) is 1. The van der Waals surface area contributed by atoms with Crippen LogP contribution in [0.25, 0.3) is 0 Å². The number of rotatable bonds is 4. The Kier molecular flexibility index (Phi) is 4.43. The molecule has 4 nitrogen and oxygen atoms in total. The van der Waals surface area contributed by atoms with E-state index in [-0.39, 0.29) is 0 Å². The van der Waals surface area contributed by atoms with Crippen LogP contribution in [0.5, 0.6) is 0 Å². The molecule has 0 aliphatic carbocycles. The van der Waals surface area contributed by atoms with E-state index < -0.39 is 0 Å². The SMILES string of the molecule is CC1CCN(c2nnc(SCCN)s2)CC1. The minimum Gasteiger partial charge on any atom is -0.347 e. The van der Waals surface area contributed by atoms with E-state index in [2.05, 4.69) is 22.0 Å². The Morgan fingerprint density at radius 3 is 2.88 bits per heavy atom. The van der Waals surface area contributed by atoms with Gasteiger partial charge in [-0.15, -0.1) is 10.2 Å². The highest BCUT2D eigenvalue weighted by Crippen LogP contribution is 2.30. The smallest absolute Gasteiger partial charge is 0.209 e. The lowest BCUT2D eigenvalue weighted by Crippen LogP contribution is -2.32. The first kappa shape index (κ1) is 12.1. The Balaban J connectivity index is 1.91. The number of thioether (sulfide) groups is 1. The third-order valence-electron chi connectivity index (χ3n) is 2.79. The third kappa shape index (κ3) is 3.09. The highest BCUT2D eigenvalue weighted by Gasteiger charge is 2.19. The van der Waals surface area contributed by atoms with Gasteiger partial charge in [0.05, 0.1) is 0 Å². The largest absolute Gasteiger partial charge is 0.347 e. The van der Waals surface area contributed by atoms with Crippen LogP contribution >= 0.6 is 23.1 Å². The minimum atomic E-state index is 0.695. The molecule has 0 atom stereocenters. The van der Waals surface area contributed by atoms with E-state index >= 15 is 0 Å². The summed E-state index contributed by atoms with van der Waals surface area (Å²) in [5.41, 5.74) is 5.47. The van der Waals surface area contributed by atoms with E-state index in [0.717, 1.165) is 34.2 Å². The maximum Gasteiger partial charge on any atom is 0.209 e. The van der Waals surface area contributed by atoms with Gasteiger partial charge in [-0.3, -0.25) is 0 Å². The van der Waals surface area contributed by atoms with Crippen molar-refractivity contribution in [2.75, 3.05) is 30.3 Å². The number of aromatic nitrogens is 2. The van der Waals surface area contributed by atoms with Crippen molar-refractivity contribution in [1.82, 2.24) is 10.2 Å². The standard InChI is InChI=1S/C10H18N4S2/c1-8-2-5-14(6-3-8)9-12-13-10(16-9)15-7-4-11/h8H,2-7,11H2,1H3. The molecular formula is C10H18N4S2. The van der Waals surface area contributed by atoms with E-state index in [4.69, 9.17) is 5.73 Å². The fourth-order valence-corrected chi connectivity index (χ4v) is 3.47. The Hall–Kier alpha value is -0.330. The summed E-state index contributed by atoms with van der Waals surface area (Å²) in [7, 11) is 0. The van der Waals surface area contributed by atoms with Crippen molar-refractivity contribution < 1.29 is 0 Å². The third-order valence-corrected chi connectivity index (χ3v) is 4.94. The van der Waals surface area contributed by atoms with Crippen LogP contribution in [-0.4, -0.2) is 35.6 Å². The molecule has 2 N–H and O–H groups in total. The van der Waals surface area contributed by atoms with Crippen LogP contribution in [-0.2, 0) is 0 Å². The lowest BCUT2D eigenvalue weighted by atomic mass is 10.00. The fourth-order valence-electron chi connectivity index (χ4n) is 1.73. The molecule has 6 heteroatoms. The van der Waals surface area contributed by atoms with E-state index in [0.29, 0.717) is 6.54 Å². The van der Waals surface area contributed by atoms with Gasteiger partial charge in [-0.25, -0.2) is 0 Å². The number of anilines is 1. The number of nitrogens with zero attached hydrogens (tertiary/aromatic N) is 3. The molecule has 1 aromatic heterocycles. The van der Waals surface area contributed by atoms with Crippen molar-refractivity contribution in [2.45, 2.75) is 24.1 Å². The van der Waals surface area contributed by atoms with Crippen LogP contribution in [0.3, 0.4) is 0 Å². The summed E-state index contributed by atoms with van der Waals surface area (Å²) in [6.07, 6.45) is 2.54. The Morgan fingerprint density at radius 2 is 2.19 bits per heavy atom. The first-order valence-electron chi connectivity index (χ1n) is 5.71. The molecule has 2 rings (SSSR count). The summed E-state index contributed by atoms with van der Waals surface area (Å²) in [6, 6.07) is 0. The second kappa shape index (κ2) is 5.84. The van der Waals surface area contributed by atoms with Gasteiger partial charge in [0.2, 0.25) is 5.13 Å². The second-order valence-corrected chi connectivity index (χ2v) is 6.46. The highest BCUT2D eigenvalue weighted by molar-refractivity contribution is 8.01. The fraction of sp³-hybridized carbons (Fsp3) is 0.800. The summed E-state index contributed by atoms with van der Waals surface area (Å²) < 4.78 is 1.04. The summed E-state index contributed by atoms with van der Waals surface area (Å²) in [5, 5.41) is 9.51. The van der Waals surface area contributed by atoms with Crippen LogP contribution in [0.4, 0.5) is 5.13 Å². The predicted octanol–water partition coefficient (Wildman–Crippen LogP) is 1.83. The van der Waals surface area contributed by atoms with Crippen LogP contribution in [0.2, 0.25) is 0 Å². The second-order valence-electron chi connectivity index (χ2n) is 4.16. The molecule has 16 heavy (non-hydrogen) atoms. The molecule has 1 saturated heterocycles. The zero-order valence-corrected chi connectivity index (χ0v) is 11.2.